The quantitative estimate of drug-likeness (QED) is 0.672. The highest BCUT2D eigenvalue weighted by Gasteiger charge is 2.65. The molecule has 0 amide bonds. The second-order valence-corrected chi connectivity index (χ2v) is 7.42. The van der Waals surface area contributed by atoms with Crippen LogP contribution in [0.25, 0.3) is 0 Å². The van der Waals surface area contributed by atoms with Crippen LogP contribution in [0.1, 0.15) is 0 Å². The zero-order chi connectivity index (χ0) is 9.78. The van der Waals surface area contributed by atoms with Gasteiger partial charge in [-0.3, -0.25) is 0 Å². The predicted molar refractivity (Wildman–Crippen MR) is 48.7 cm³/mol. The highest BCUT2D eigenvalue weighted by Crippen LogP contribution is 2.52. The van der Waals surface area contributed by atoms with Gasteiger partial charge in [0, 0.05) is 0 Å². The summed E-state index contributed by atoms with van der Waals surface area (Å²) in [4.78, 5) is 0. The molecule has 1 heterocycles. The van der Waals surface area contributed by atoms with Crippen molar-refractivity contribution in [3.8, 4) is 0 Å². The third-order valence-corrected chi connectivity index (χ3v) is 6.27. The minimum absolute atomic E-state index is 0.655. The van der Waals surface area contributed by atoms with Gasteiger partial charge in [0.1, 0.15) is 0 Å². The van der Waals surface area contributed by atoms with E-state index in [0.717, 1.165) is 0 Å². The third-order valence-electron chi connectivity index (χ3n) is 1.52. The number of hydrogen-bond acceptors (Lipinski definition) is 3. The van der Waals surface area contributed by atoms with Crippen molar-refractivity contribution in [2.45, 2.75) is 14.1 Å². The van der Waals surface area contributed by atoms with Gasteiger partial charge in [-0.2, -0.15) is 0 Å². The smallest absolute Gasteiger partial charge is 0.191 e. The number of rotatable bonds is 0. The van der Waals surface area contributed by atoms with Crippen LogP contribution in [0, 0.1) is 0 Å². The molecule has 1 saturated heterocycles. The lowest BCUT2D eigenvalue weighted by atomic mass is 10.3. The Balaban J connectivity index is 3.23. The van der Waals surface area contributed by atoms with E-state index in [1.807, 2.05) is 0 Å². The fourth-order valence-electron chi connectivity index (χ4n) is 0.834. The number of halogens is 4. The topological polar surface area (TPSA) is 54.4 Å². The largest absolute Gasteiger partial charge is 0.374 e. The molecule has 0 aromatic rings. The zero-order valence-electron chi connectivity index (χ0n) is 5.47. The Bertz CT molecular complexity index is 295. The van der Waals surface area contributed by atoms with E-state index in [9.17, 15) is 8.42 Å². The lowest BCUT2D eigenvalue weighted by Gasteiger charge is -2.24. The van der Waals surface area contributed by atoms with E-state index in [4.69, 9.17) is 51.5 Å². The molecule has 1 fully saturated rings. The second kappa shape index (κ2) is 2.78. The van der Waals surface area contributed by atoms with E-state index in [0.29, 0.717) is 0 Å². The zero-order valence-corrected chi connectivity index (χ0v) is 9.31. The molecule has 0 aliphatic carbocycles. The van der Waals surface area contributed by atoms with Crippen molar-refractivity contribution >= 4 is 56.2 Å². The van der Waals surface area contributed by atoms with Gasteiger partial charge in [0.05, 0.1) is 5.75 Å². The summed E-state index contributed by atoms with van der Waals surface area (Å²) in [5.74, 6) is -0.655. The van der Waals surface area contributed by atoms with Crippen LogP contribution in [0.3, 0.4) is 0 Å². The van der Waals surface area contributed by atoms with E-state index in [1.54, 1.807) is 0 Å². The lowest BCUT2D eigenvalue weighted by Crippen LogP contribution is -2.39. The van der Waals surface area contributed by atoms with Crippen molar-refractivity contribution in [2.75, 3.05) is 5.75 Å². The number of alkyl halides is 4. The molecule has 8 heteroatoms. The fourth-order valence-corrected chi connectivity index (χ4v) is 4.73. The highest BCUT2D eigenvalue weighted by molar-refractivity contribution is 7.92. The molecule has 1 atom stereocenters. The molecular formula is C4H4Cl4O3S. The Morgan fingerprint density at radius 1 is 1.25 bits per heavy atom. The van der Waals surface area contributed by atoms with Gasteiger partial charge in [-0.1, -0.05) is 46.4 Å². The molecule has 72 valence electrons. The van der Waals surface area contributed by atoms with Gasteiger partial charge >= 0.3 is 0 Å². The Labute approximate surface area is 89.5 Å². The molecule has 12 heavy (non-hydrogen) atoms. The molecule has 1 aliphatic heterocycles. The molecule has 0 bridgehead atoms. The fraction of sp³-hybridized carbons (Fsp3) is 1.00. The van der Waals surface area contributed by atoms with Gasteiger partial charge in [0.25, 0.3) is 0 Å². The number of aliphatic hydroxyl groups excluding tert-OH is 1. The van der Waals surface area contributed by atoms with Gasteiger partial charge in [0.2, 0.25) is 0 Å². The first-order chi connectivity index (χ1) is 5.11. The molecule has 0 saturated carbocycles. The molecule has 3 nitrogen and oxygen atoms in total. The average molecular weight is 274 g/mol. The van der Waals surface area contributed by atoms with Crippen LogP contribution >= 0.6 is 46.4 Å². The van der Waals surface area contributed by atoms with Gasteiger partial charge < -0.3 is 5.11 Å². The summed E-state index contributed by atoms with van der Waals surface area (Å²) in [6.45, 7) is 0. The van der Waals surface area contributed by atoms with Crippen LogP contribution in [0.2, 0.25) is 0 Å². The molecule has 0 aromatic carbocycles. The Morgan fingerprint density at radius 3 is 1.75 bits per heavy atom. The van der Waals surface area contributed by atoms with Crippen LogP contribution in [0.15, 0.2) is 0 Å². The summed E-state index contributed by atoms with van der Waals surface area (Å²) in [7, 11) is -3.81. The summed E-state index contributed by atoms with van der Waals surface area (Å²) in [6.07, 6.45) is 0. The minimum atomic E-state index is -3.81. The van der Waals surface area contributed by atoms with Crippen molar-refractivity contribution in [2.24, 2.45) is 0 Å². The molecule has 0 radical (unpaired) electrons. The van der Waals surface area contributed by atoms with E-state index in [1.165, 1.54) is 0 Å². The summed E-state index contributed by atoms with van der Waals surface area (Å²) in [6, 6.07) is 0. The molecule has 1 aliphatic rings. The second-order valence-electron chi connectivity index (χ2n) is 2.49. The van der Waals surface area contributed by atoms with Crippen molar-refractivity contribution in [1.82, 2.24) is 0 Å². The Kier molecular flexibility index (Phi) is 2.58. The average Bonchev–Trinajstić information content (AvgIpc) is 1.90. The monoisotopic (exact) mass is 272 g/mol. The van der Waals surface area contributed by atoms with Gasteiger partial charge in [-0.05, 0) is 0 Å². The molecule has 1 unspecified atom stereocenters. The van der Waals surface area contributed by atoms with Crippen LogP contribution in [0.4, 0.5) is 0 Å². The van der Waals surface area contributed by atoms with Crippen molar-refractivity contribution < 1.29 is 13.5 Å². The molecular weight excluding hydrogens is 270 g/mol. The van der Waals surface area contributed by atoms with E-state index < -0.39 is 29.7 Å². The lowest BCUT2D eigenvalue weighted by molar-refractivity contribution is 0.237. The summed E-state index contributed by atoms with van der Waals surface area (Å²) < 4.78 is 18.1. The van der Waals surface area contributed by atoms with Crippen molar-refractivity contribution in [3.63, 3.8) is 0 Å². The summed E-state index contributed by atoms with van der Waals surface area (Å²) in [5, 5.41) is 9.10. The third kappa shape index (κ3) is 1.42. The maximum atomic E-state index is 11.0. The number of hydrogen-bond donors (Lipinski definition) is 1. The van der Waals surface area contributed by atoms with Crippen LogP contribution in [-0.4, -0.2) is 33.4 Å². The van der Waals surface area contributed by atoms with E-state index in [-0.39, 0.29) is 0 Å². The predicted octanol–water partition coefficient (Wildman–Crippen LogP) is 1.08. The van der Waals surface area contributed by atoms with Gasteiger partial charge in [-0.15, -0.1) is 0 Å². The molecule has 0 spiro atoms. The van der Waals surface area contributed by atoms with Gasteiger partial charge in [0.15, 0.2) is 23.9 Å². The first-order valence-corrected chi connectivity index (χ1v) is 5.99. The summed E-state index contributed by atoms with van der Waals surface area (Å²) in [5.41, 5.74) is -1.94. The van der Waals surface area contributed by atoms with Gasteiger partial charge in [-0.25, -0.2) is 8.42 Å². The normalized spacial score (nSPS) is 36.6. The number of aliphatic hydroxyl groups is 1. The standard InChI is InChI=1S/C4H4Cl4O3S/c5-3(6)1-12(10,11)2(9)4(3,7)8/h2,9H,1H2. The Morgan fingerprint density at radius 2 is 1.67 bits per heavy atom. The van der Waals surface area contributed by atoms with Crippen LogP contribution in [0.5, 0.6) is 0 Å². The Hall–Kier alpha value is 1.07. The highest BCUT2D eigenvalue weighted by atomic mass is 35.5. The molecule has 1 rings (SSSR count). The molecule has 1 N–H and O–H groups in total. The summed E-state index contributed by atoms with van der Waals surface area (Å²) >= 11 is 21.9. The maximum Gasteiger partial charge on any atom is 0.191 e. The van der Waals surface area contributed by atoms with Crippen LogP contribution < -0.4 is 0 Å². The minimum Gasteiger partial charge on any atom is -0.374 e. The van der Waals surface area contributed by atoms with Crippen molar-refractivity contribution in [1.29, 1.82) is 0 Å². The maximum absolute atomic E-state index is 11.0. The van der Waals surface area contributed by atoms with E-state index in [2.05, 4.69) is 0 Å². The van der Waals surface area contributed by atoms with Crippen LogP contribution in [-0.2, 0) is 9.84 Å². The SMILES string of the molecule is O=S1(=O)CC(Cl)(Cl)C(Cl)(Cl)C1O. The first-order valence-electron chi connectivity index (χ1n) is 2.76. The van der Waals surface area contributed by atoms with Crippen molar-refractivity contribution in [3.05, 3.63) is 0 Å². The number of sulfone groups is 1. The first kappa shape index (κ1) is 11.1. The van der Waals surface area contributed by atoms with E-state index >= 15 is 0 Å². The molecule has 0 aromatic heterocycles.